The van der Waals surface area contributed by atoms with Crippen molar-refractivity contribution in [3.63, 3.8) is 0 Å². The van der Waals surface area contributed by atoms with Gasteiger partial charge in [-0.1, -0.05) is 61.7 Å². The number of halogens is 3. The number of hydrogen-bond acceptors (Lipinski definition) is 8. The molecule has 41 heavy (non-hydrogen) atoms. The molecule has 1 aromatic carbocycles. The molecule has 226 valence electrons. The minimum atomic E-state index is -2.61. The second-order valence-electron chi connectivity index (χ2n) is 11.1. The second kappa shape index (κ2) is 12.4. The van der Waals surface area contributed by atoms with Gasteiger partial charge in [-0.15, -0.1) is 0 Å². The Kier molecular flexibility index (Phi) is 10.0. The molecule has 0 aromatic heterocycles. The van der Waals surface area contributed by atoms with E-state index in [2.05, 4.69) is 20.8 Å². The number of nitrogens with zero attached hydrogens (tertiary/aromatic N) is 2. The number of ether oxygens (including phenoxy) is 4. The molecule has 2 aliphatic rings. The van der Waals surface area contributed by atoms with E-state index in [1.807, 2.05) is 13.1 Å². The van der Waals surface area contributed by atoms with E-state index in [0.717, 1.165) is 0 Å². The Bertz CT molecular complexity index is 1260. The van der Waals surface area contributed by atoms with Crippen LogP contribution in [0.4, 0.5) is 10.5 Å². The third kappa shape index (κ3) is 7.32. The predicted octanol–water partition coefficient (Wildman–Crippen LogP) is 6.21. The van der Waals surface area contributed by atoms with E-state index < -0.39 is 49.0 Å². The molecule has 3 rings (SSSR count). The number of rotatable bonds is 7. The van der Waals surface area contributed by atoms with Gasteiger partial charge in [-0.2, -0.15) is 0 Å². The van der Waals surface area contributed by atoms with E-state index in [4.69, 9.17) is 58.2 Å². The summed E-state index contributed by atoms with van der Waals surface area (Å²) in [5, 5.41) is -0.263. The van der Waals surface area contributed by atoms with Crippen LogP contribution in [0.2, 0.25) is 18.1 Å². The van der Waals surface area contributed by atoms with Crippen LogP contribution >= 0.6 is 34.8 Å². The van der Waals surface area contributed by atoms with Crippen molar-refractivity contribution in [2.75, 3.05) is 32.8 Å². The molecule has 0 N–H and O–H groups in total. The summed E-state index contributed by atoms with van der Waals surface area (Å²) in [6.45, 7) is 9.70. The summed E-state index contributed by atoms with van der Waals surface area (Å²) in [5.74, 6) is -0.410. The van der Waals surface area contributed by atoms with E-state index in [9.17, 15) is 14.4 Å². The third-order valence-electron chi connectivity index (χ3n) is 7.33. The van der Waals surface area contributed by atoms with Crippen LogP contribution < -0.4 is 14.4 Å². The fourth-order valence-electron chi connectivity index (χ4n) is 4.18. The Labute approximate surface area is 256 Å². The van der Waals surface area contributed by atoms with Crippen LogP contribution in [-0.2, 0) is 18.7 Å². The quantitative estimate of drug-likeness (QED) is 0.149. The lowest BCUT2D eigenvalue weighted by atomic mass is 10.1. The molecule has 2 atom stereocenters. The van der Waals surface area contributed by atoms with Gasteiger partial charge in [0, 0.05) is 18.3 Å². The average molecular weight is 650 g/mol. The van der Waals surface area contributed by atoms with Gasteiger partial charge in [0.15, 0.2) is 26.0 Å². The highest BCUT2D eigenvalue weighted by Crippen LogP contribution is 2.45. The van der Waals surface area contributed by atoms with Gasteiger partial charge < -0.3 is 28.3 Å². The maximum absolute atomic E-state index is 14.1. The number of allylic oxidation sites excluding steroid dienone is 1. The van der Waals surface area contributed by atoms with Crippen molar-refractivity contribution in [2.45, 2.75) is 61.4 Å². The van der Waals surface area contributed by atoms with Crippen LogP contribution in [0.3, 0.4) is 0 Å². The first-order valence-electron chi connectivity index (χ1n) is 12.7. The molecule has 2 amide bonds. The zero-order chi connectivity index (χ0) is 30.9. The highest BCUT2D eigenvalue weighted by molar-refractivity contribution is 6.74. The molecule has 0 bridgehead atoms. The average Bonchev–Trinajstić information content (AvgIpc) is 3.29. The van der Waals surface area contributed by atoms with Gasteiger partial charge in [-0.3, -0.25) is 4.79 Å². The maximum atomic E-state index is 14.1. The molecule has 0 spiro atoms. The summed E-state index contributed by atoms with van der Waals surface area (Å²) in [6.07, 6.45) is 2.81. The molecule has 2 aliphatic heterocycles. The molecule has 1 aromatic rings. The van der Waals surface area contributed by atoms with Crippen LogP contribution in [0.1, 0.15) is 37.6 Å². The van der Waals surface area contributed by atoms with Crippen LogP contribution in [0.15, 0.2) is 36.1 Å². The van der Waals surface area contributed by atoms with Gasteiger partial charge in [-0.05, 0) is 36.2 Å². The van der Waals surface area contributed by atoms with Gasteiger partial charge in [0.1, 0.15) is 6.61 Å². The summed E-state index contributed by atoms with van der Waals surface area (Å²) < 4.78 is 26.1. The molecule has 14 heteroatoms. The van der Waals surface area contributed by atoms with Gasteiger partial charge in [0.25, 0.3) is 5.91 Å². The lowest BCUT2D eigenvalue weighted by molar-refractivity contribution is -0.134. The van der Waals surface area contributed by atoms with Crippen molar-refractivity contribution in [1.82, 2.24) is 4.90 Å². The summed E-state index contributed by atoms with van der Waals surface area (Å²) >= 11 is 17.7. The van der Waals surface area contributed by atoms with Gasteiger partial charge in [0.05, 0.1) is 38.6 Å². The monoisotopic (exact) mass is 648 g/mol. The number of methoxy groups -OCH3 is 3. The number of alkyl halides is 3. The Balaban J connectivity index is 2.28. The van der Waals surface area contributed by atoms with E-state index in [0.29, 0.717) is 5.57 Å². The second-order valence-corrected chi connectivity index (χ2v) is 18.3. The third-order valence-corrected chi connectivity index (χ3v) is 12.1. The number of carbonyl (C=O) groups is 3. The first-order valence-corrected chi connectivity index (χ1v) is 16.7. The normalized spacial score (nSPS) is 19.4. The van der Waals surface area contributed by atoms with E-state index in [1.54, 1.807) is 12.3 Å². The smallest absolute Gasteiger partial charge is 0.416 e. The zero-order valence-corrected chi connectivity index (χ0v) is 27.5. The number of hydrogen-bond donors (Lipinski definition) is 0. The molecular formula is C27H35Cl3N2O8Si. The lowest BCUT2D eigenvalue weighted by Gasteiger charge is -2.44. The van der Waals surface area contributed by atoms with Crippen molar-refractivity contribution in [2.24, 2.45) is 0 Å². The topological polar surface area (TPSA) is 104 Å². The van der Waals surface area contributed by atoms with Crippen molar-refractivity contribution >= 4 is 66.8 Å². The van der Waals surface area contributed by atoms with Gasteiger partial charge in [-0.25, -0.2) is 14.5 Å². The van der Waals surface area contributed by atoms with Crippen LogP contribution in [-0.4, -0.2) is 75.2 Å². The Morgan fingerprint density at radius 2 is 1.68 bits per heavy atom. The van der Waals surface area contributed by atoms with Crippen molar-refractivity contribution < 1.29 is 37.8 Å². The number of anilines is 1. The Morgan fingerprint density at radius 3 is 2.22 bits per heavy atom. The minimum absolute atomic E-state index is 0.134. The number of esters is 1. The lowest BCUT2D eigenvalue weighted by Crippen LogP contribution is -2.58. The number of benzene rings is 1. The molecular weight excluding hydrogens is 615 g/mol. The zero-order valence-electron chi connectivity index (χ0n) is 24.2. The molecule has 0 fully saturated rings. The maximum Gasteiger partial charge on any atom is 0.416 e. The van der Waals surface area contributed by atoms with Crippen molar-refractivity contribution in [3.8, 4) is 11.5 Å². The molecule has 10 nitrogen and oxygen atoms in total. The first kappa shape index (κ1) is 33.1. The summed E-state index contributed by atoms with van der Waals surface area (Å²) in [7, 11) is 1.55. The minimum Gasteiger partial charge on any atom is -0.493 e. The van der Waals surface area contributed by atoms with E-state index >= 15 is 0 Å². The fourth-order valence-corrected chi connectivity index (χ4v) is 5.56. The highest BCUT2D eigenvalue weighted by atomic mass is 35.6. The number of fused-ring (bicyclic) bond motifs is 2. The summed E-state index contributed by atoms with van der Waals surface area (Å²) in [6, 6.07) is 2.32. The molecule has 0 saturated heterocycles. The predicted molar refractivity (Wildman–Crippen MR) is 160 cm³/mol. The van der Waals surface area contributed by atoms with Gasteiger partial charge >= 0.3 is 12.1 Å². The highest BCUT2D eigenvalue weighted by Gasteiger charge is 2.51. The summed E-state index contributed by atoms with van der Waals surface area (Å²) in [4.78, 5) is 42.5. The number of carbonyl (C=O) groups excluding carboxylic acids is 3. The fraction of sp³-hybridized carbons (Fsp3) is 0.519. The SMILES string of the molecule is COC(=O)/C=C/C1=CN2C(=O)c3cc(OC)c(OC)cc3N(C(=O)OCC(Cl)(Cl)Cl)[C@@H](O[Si](C)(C)C(C)(C)C)[C@H]2C1. The molecule has 0 aliphatic carbocycles. The van der Waals surface area contributed by atoms with Crippen LogP contribution in [0.5, 0.6) is 11.5 Å². The summed E-state index contributed by atoms with van der Waals surface area (Å²) in [5.41, 5.74) is 0.963. The standard InChI is InChI=1S/C27H35Cl3N2O8Si/c1-26(2,3)41(7,8)40-24-19-11-16(9-10-22(33)38-6)14-31(19)23(34)17-12-20(36-4)21(37-5)13-18(17)32(24)25(35)39-15-27(28,29)30/h9-10,12-14,19,24H,11,15H2,1-8H3/b10-9+/t19-,24+/m1/s1. The van der Waals surface area contributed by atoms with Crippen molar-refractivity contribution in [1.29, 1.82) is 0 Å². The first-order chi connectivity index (χ1) is 18.9. The molecule has 0 saturated carbocycles. The van der Waals surface area contributed by atoms with Crippen LogP contribution in [0, 0.1) is 0 Å². The van der Waals surface area contributed by atoms with E-state index in [1.165, 1.54) is 49.3 Å². The molecule has 0 radical (unpaired) electrons. The van der Waals surface area contributed by atoms with E-state index in [-0.39, 0.29) is 34.2 Å². The Morgan fingerprint density at radius 1 is 1.07 bits per heavy atom. The van der Waals surface area contributed by atoms with Crippen LogP contribution in [0.25, 0.3) is 0 Å². The Hall–Kier alpha value is -2.44. The number of amides is 2. The van der Waals surface area contributed by atoms with Gasteiger partial charge in [0.2, 0.25) is 3.79 Å². The van der Waals surface area contributed by atoms with Crippen molar-refractivity contribution in [3.05, 3.63) is 41.6 Å². The largest absolute Gasteiger partial charge is 0.493 e. The molecule has 2 heterocycles. The molecule has 0 unspecified atom stereocenters.